The molecule has 0 spiro atoms. The van der Waals surface area contributed by atoms with E-state index in [1.807, 2.05) is 43.3 Å². The number of aromatic amines is 1. The molecule has 0 saturated heterocycles. The van der Waals surface area contributed by atoms with Gasteiger partial charge in [-0.05, 0) is 51.0 Å². The van der Waals surface area contributed by atoms with E-state index in [0.29, 0.717) is 45.1 Å². The van der Waals surface area contributed by atoms with Crippen LogP contribution in [-0.2, 0) is 6.54 Å². The Labute approximate surface area is 196 Å². The predicted molar refractivity (Wildman–Crippen MR) is 132 cm³/mol. The molecule has 1 N–H and O–H groups in total. The largest absolute Gasteiger partial charge is 0.355 e. The van der Waals surface area contributed by atoms with Gasteiger partial charge in [-0.25, -0.2) is 4.98 Å². The number of fused-ring (bicyclic) bond motifs is 1. The van der Waals surface area contributed by atoms with Crippen molar-refractivity contribution in [3.8, 4) is 0 Å². The van der Waals surface area contributed by atoms with E-state index in [0.717, 1.165) is 11.1 Å². The molecule has 0 radical (unpaired) electrons. The number of H-pyrrole nitrogens is 1. The van der Waals surface area contributed by atoms with E-state index in [4.69, 9.17) is 4.98 Å². The summed E-state index contributed by atoms with van der Waals surface area (Å²) < 4.78 is 1.62. The first-order valence-corrected chi connectivity index (χ1v) is 11.7. The minimum Gasteiger partial charge on any atom is -0.355 e. The van der Waals surface area contributed by atoms with Crippen LogP contribution in [0.4, 0.5) is 0 Å². The second kappa shape index (κ2) is 9.19. The van der Waals surface area contributed by atoms with Crippen LogP contribution in [0.1, 0.15) is 50.2 Å². The van der Waals surface area contributed by atoms with Crippen molar-refractivity contribution in [2.75, 3.05) is 5.75 Å². The van der Waals surface area contributed by atoms with Gasteiger partial charge in [0.25, 0.3) is 5.56 Å². The van der Waals surface area contributed by atoms with Gasteiger partial charge in [0, 0.05) is 11.3 Å². The number of carbonyl (C=O) groups excluding carboxylic acids is 2. The molecule has 0 bridgehead atoms. The maximum atomic E-state index is 13.3. The first-order chi connectivity index (χ1) is 15.8. The zero-order valence-electron chi connectivity index (χ0n) is 19.1. The molecule has 6 nitrogen and oxygen atoms in total. The molecule has 168 valence electrons. The Morgan fingerprint density at radius 1 is 1.03 bits per heavy atom. The Morgan fingerprint density at radius 3 is 2.39 bits per heavy atom. The maximum Gasteiger partial charge on any atom is 0.262 e. The van der Waals surface area contributed by atoms with E-state index < -0.39 is 0 Å². The minimum atomic E-state index is -0.141. The summed E-state index contributed by atoms with van der Waals surface area (Å²) in [6, 6.07) is 15.2. The van der Waals surface area contributed by atoms with Gasteiger partial charge in [-0.2, -0.15) is 0 Å². The zero-order valence-corrected chi connectivity index (χ0v) is 19.9. The van der Waals surface area contributed by atoms with Gasteiger partial charge in [0.2, 0.25) is 0 Å². The molecule has 0 fully saturated rings. The summed E-state index contributed by atoms with van der Waals surface area (Å²) in [4.78, 5) is 46.0. The monoisotopic (exact) mass is 459 g/mol. The molecule has 7 heteroatoms. The molecular weight excluding hydrogens is 434 g/mol. The number of nitrogens with one attached hydrogen (secondary N) is 1. The highest BCUT2D eigenvalue weighted by Crippen LogP contribution is 2.23. The summed E-state index contributed by atoms with van der Waals surface area (Å²) in [5.41, 5.74) is 4.93. The van der Waals surface area contributed by atoms with Gasteiger partial charge in [0.15, 0.2) is 16.7 Å². The number of thioether (sulfide) groups is 1. The van der Waals surface area contributed by atoms with E-state index >= 15 is 0 Å². The van der Waals surface area contributed by atoms with Crippen LogP contribution in [-0.4, -0.2) is 31.9 Å². The standard InChI is InChI=1S/C26H25N3O3S/c1-15-9-11-19(12-10-15)13-29-25(32)20-7-5-6-8-21(20)28-26(29)33-14-22(31)24-16(2)23(18(4)30)17(3)27-24/h5-12,27H,13-14H2,1-4H3. The topological polar surface area (TPSA) is 84.8 Å². The van der Waals surface area contributed by atoms with Gasteiger partial charge >= 0.3 is 0 Å². The lowest BCUT2D eigenvalue weighted by Crippen LogP contribution is -2.24. The molecule has 2 aromatic heterocycles. The van der Waals surface area contributed by atoms with Crippen molar-refractivity contribution in [3.63, 3.8) is 0 Å². The SMILES string of the molecule is CC(=O)c1c(C)[nH]c(C(=O)CSc2nc3ccccc3c(=O)n2Cc2ccc(C)cc2)c1C. The summed E-state index contributed by atoms with van der Waals surface area (Å²) >= 11 is 1.23. The Bertz CT molecular complexity index is 1430. The predicted octanol–water partition coefficient (Wildman–Crippen LogP) is 4.88. The van der Waals surface area contributed by atoms with Crippen LogP contribution in [0, 0.1) is 20.8 Å². The fourth-order valence-electron chi connectivity index (χ4n) is 4.03. The molecule has 33 heavy (non-hydrogen) atoms. The van der Waals surface area contributed by atoms with Crippen molar-refractivity contribution in [1.29, 1.82) is 0 Å². The van der Waals surface area contributed by atoms with Crippen molar-refractivity contribution in [2.45, 2.75) is 39.4 Å². The first kappa shape index (κ1) is 22.7. The van der Waals surface area contributed by atoms with Gasteiger partial charge in [0.05, 0.1) is 28.9 Å². The lowest BCUT2D eigenvalue weighted by molar-refractivity contribution is 0.101. The minimum absolute atomic E-state index is 0.0731. The average Bonchev–Trinajstić information content (AvgIpc) is 3.09. The molecule has 4 rings (SSSR count). The van der Waals surface area contributed by atoms with Crippen molar-refractivity contribution in [3.05, 3.63) is 92.5 Å². The first-order valence-electron chi connectivity index (χ1n) is 10.7. The highest BCUT2D eigenvalue weighted by Gasteiger charge is 2.21. The second-order valence-electron chi connectivity index (χ2n) is 8.18. The molecule has 0 aliphatic carbocycles. The van der Waals surface area contributed by atoms with Crippen LogP contribution in [0.3, 0.4) is 0 Å². The number of nitrogens with zero attached hydrogens (tertiary/aromatic N) is 2. The smallest absolute Gasteiger partial charge is 0.262 e. The molecule has 0 atom stereocenters. The Hall–Kier alpha value is -3.45. The molecule has 0 amide bonds. The van der Waals surface area contributed by atoms with Crippen molar-refractivity contribution in [2.24, 2.45) is 0 Å². The number of hydrogen-bond acceptors (Lipinski definition) is 5. The fraction of sp³-hybridized carbons (Fsp3) is 0.231. The molecular formula is C26H25N3O3S. The number of para-hydroxylation sites is 1. The van der Waals surface area contributed by atoms with E-state index in [-0.39, 0.29) is 22.9 Å². The third-order valence-corrected chi connectivity index (χ3v) is 6.67. The third kappa shape index (κ3) is 4.54. The van der Waals surface area contributed by atoms with Crippen molar-refractivity contribution >= 4 is 34.2 Å². The number of carbonyl (C=O) groups is 2. The summed E-state index contributed by atoms with van der Waals surface area (Å²) in [5.74, 6) is -0.120. The highest BCUT2D eigenvalue weighted by atomic mass is 32.2. The lowest BCUT2D eigenvalue weighted by Gasteiger charge is -2.13. The van der Waals surface area contributed by atoms with Gasteiger partial charge in [-0.1, -0.05) is 53.7 Å². The van der Waals surface area contributed by atoms with Crippen molar-refractivity contribution in [1.82, 2.24) is 14.5 Å². The van der Waals surface area contributed by atoms with Crippen LogP contribution in [0.15, 0.2) is 58.5 Å². The quantitative estimate of drug-likeness (QED) is 0.242. The number of hydrogen-bond donors (Lipinski definition) is 1. The highest BCUT2D eigenvalue weighted by molar-refractivity contribution is 7.99. The summed E-state index contributed by atoms with van der Waals surface area (Å²) in [7, 11) is 0. The number of ketones is 2. The number of aryl methyl sites for hydroxylation is 2. The molecule has 0 aliphatic heterocycles. The molecule has 0 saturated carbocycles. The molecule has 2 heterocycles. The maximum absolute atomic E-state index is 13.3. The van der Waals surface area contributed by atoms with Gasteiger partial charge < -0.3 is 4.98 Å². The molecule has 4 aromatic rings. The summed E-state index contributed by atoms with van der Waals surface area (Å²) in [6.07, 6.45) is 0. The number of rotatable bonds is 7. The van der Waals surface area contributed by atoms with E-state index in [1.165, 1.54) is 18.7 Å². The number of benzene rings is 2. The van der Waals surface area contributed by atoms with Crippen molar-refractivity contribution < 1.29 is 9.59 Å². The third-order valence-electron chi connectivity index (χ3n) is 5.69. The average molecular weight is 460 g/mol. The van der Waals surface area contributed by atoms with Gasteiger partial charge in [-0.15, -0.1) is 0 Å². The fourth-order valence-corrected chi connectivity index (χ4v) is 4.90. The number of aromatic nitrogens is 3. The Kier molecular flexibility index (Phi) is 6.33. The van der Waals surface area contributed by atoms with Crippen LogP contribution in [0.2, 0.25) is 0 Å². The van der Waals surface area contributed by atoms with Crippen LogP contribution in [0.25, 0.3) is 10.9 Å². The molecule has 2 aromatic carbocycles. The second-order valence-corrected chi connectivity index (χ2v) is 9.12. The van der Waals surface area contributed by atoms with Crippen LogP contribution in [0.5, 0.6) is 0 Å². The summed E-state index contributed by atoms with van der Waals surface area (Å²) in [6.45, 7) is 7.44. The molecule has 0 aliphatic rings. The van der Waals surface area contributed by atoms with Gasteiger partial charge in [0.1, 0.15) is 0 Å². The summed E-state index contributed by atoms with van der Waals surface area (Å²) in [5, 5.41) is 1.03. The molecule has 0 unspecified atom stereocenters. The van der Waals surface area contributed by atoms with Crippen LogP contribution >= 0.6 is 11.8 Å². The lowest BCUT2D eigenvalue weighted by atomic mass is 10.1. The van der Waals surface area contributed by atoms with E-state index in [9.17, 15) is 14.4 Å². The van der Waals surface area contributed by atoms with Gasteiger partial charge in [-0.3, -0.25) is 19.0 Å². The van der Waals surface area contributed by atoms with E-state index in [1.54, 1.807) is 30.5 Å². The Balaban J connectivity index is 1.69. The van der Waals surface area contributed by atoms with Crippen LogP contribution < -0.4 is 5.56 Å². The van der Waals surface area contributed by atoms with E-state index in [2.05, 4.69) is 4.98 Å². The zero-order chi connectivity index (χ0) is 23.7. The Morgan fingerprint density at radius 2 is 1.73 bits per heavy atom. The normalized spacial score (nSPS) is 11.2. The number of Topliss-reactive ketones (excluding diaryl/α,β-unsaturated/α-hetero) is 2.